The van der Waals surface area contributed by atoms with E-state index in [2.05, 4.69) is 5.32 Å². The fourth-order valence-corrected chi connectivity index (χ4v) is 2.63. The summed E-state index contributed by atoms with van der Waals surface area (Å²) < 4.78 is 5.28. The highest BCUT2D eigenvalue weighted by molar-refractivity contribution is 5.78. The summed E-state index contributed by atoms with van der Waals surface area (Å²) in [7, 11) is 0. The van der Waals surface area contributed by atoms with E-state index in [1.165, 1.54) is 5.56 Å². The Morgan fingerprint density at radius 1 is 1.40 bits per heavy atom. The molecule has 1 aliphatic carbocycles. The summed E-state index contributed by atoms with van der Waals surface area (Å²) in [6.07, 6.45) is 2.21. The van der Waals surface area contributed by atoms with Gasteiger partial charge in [-0.3, -0.25) is 4.79 Å². The number of alkyl carbamates (subject to hydrolysis) is 1. The number of carbonyl (C=O) groups excluding carboxylic acids is 2. The van der Waals surface area contributed by atoms with Crippen LogP contribution in [-0.2, 0) is 11.2 Å². The number of aldehydes is 1. The van der Waals surface area contributed by atoms with E-state index in [4.69, 9.17) is 4.74 Å². The van der Waals surface area contributed by atoms with Crippen molar-refractivity contribution in [2.75, 3.05) is 0 Å². The van der Waals surface area contributed by atoms with E-state index in [0.29, 0.717) is 0 Å². The van der Waals surface area contributed by atoms with Gasteiger partial charge in [0.25, 0.3) is 0 Å². The molecular formula is C16H21NO3. The van der Waals surface area contributed by atoms with Crippen LogP contribution in [0.25, 0.3) is 0 Å². The summed E-state index contributed by atoms with van der Waals surface area (Å²) in [4.78, 5) is 22.8. The zero-order valence-corrected chi connectivity index (χ0v) is 12.4. The normalized spacial score (nSPS) is 17.5. The number of hydrogen-bond donors (Lipinski definition) is 1. The first kappa shape index (κ1) is 14.6. The summed E-state index contributed by atoms with van der Waals surface area (Å²) in [5.41, 5.74) is 3.52. The van der Waals surface area contributed by atoms with Crippen LogP contribution in [0, 0.1) is 6.92 Å². The predicted octanol–water partition coefficient (Wildman–Crippen LogP) is 3.32. The molecule has 1 aromatic rings. The predicted molar refractivity (Wildman–Crippen MR) is 77.0 cm³/mol. The van der Waals surface area contributed by atoms with Crippen LogP contribution in [-0.4, -0.2) is 18.0 Å². The van der Waals surface area contributed by atoms with Crippen LogP contribution >= 0.6 is 0 Å². The maximum atomic E-state index is 11.8. The maximum absolute atomic E-state index is 11.8. The second-order valence-corrected chi connectivity index (χ2v) is 6.20. The van der Waals surface area contributed by atoms with Gasteiger partial charge in [-0.1, -0.05) is 12.1 Å². The van der Waals surface area contributed by atoms with E-state index >= 15 is 0 Å². The van der Waals surface area contributed by atoms with E-state index in [0.717, 1.165) is 35.8 Å². The van der Waals surface area contributed by atoms with Crippen molar-refractivity contribution in [1.29, 1.82) is 0 Å². The number of nitrogens with one attached hydrogen (secondary N) is 1. The van der Waals surface area contributed by atoms with Gasteiger partial charge >= 0.3 is 6.09 Å². The summed E-state index contributed by atoms with van der Waals surface area (Å²) >= 11 is 0. The Kier molecular flexibility index (Phi) is 3.84. The molecule has 20 heavy (non-hydrogen) atoms. The van der Waals surface area contributed by atoms with Crippen molar-refractivity contribution in [3.8, 4) is 0 Å². The third-order valence-electron chi connectivity index (χ3n) is 3.55. The van der Waals surface area contributed by atoms with Crippen molar-refractivity contribution < 1.29 is 14.3 Å². The zero-order chi connectivity index (χ0) is 14.9. The second kappa shape index (κ2) is 5.27. The monoisotopic (exact) mass is 275 g/mol. The molecule has 4 heteroatoms. The minimum Gasteiger partial charge on any atom is -0.444 e. The van der Waals surface area contributed by atoms with Crippen molar-refractivity contribution >= 4 is 12.4 Å². The molecule has 1 aromatic carbocycles. The van der Waals surface area contributed by atoms with Crippen molar-refractivity contribution in [2.24, 2.45) is 0 Å². The number of ether oxygens (including phenoxy) is 1. The topological polar surface area (TPSA) is 55.4 Å². The SMILES string of the molecule is Cc1c(C=O)ccc2c1CC[C@@H]2NC(=O)OC(C)(C)C. The molecule has 0 bridgehead atoms. The molecule has 1 N–H and O–H groups in total. The van der Waals surface area contributed by atoms with E-state index in [1.807, 2.05) is 39.8 Å². The van der Waals surface area contributed by atoms with Gasteiger partial charge < -0.3 is 10.1 Å². The van der Waals surface area contributed by atoms with Crippen LogP contribution in [0.2, 0.25) is 0 Å². The van der Waals surface area contributed by atoms with Gasteiger partial charge in [-0.15, -0.1) is 0 Å². The average molecular weight is 275 g/mol. The lowest BCUT2D eigenvalue weighted by atomic mass is 9.99. The van der Waals surface area contributed by atoms with Gasteiger partial charge in [0.05, 0.1) is 6.04 Å². The highest BCUT2D eigenvalue weighted by atomic mass is 16.6. The first-order valence-corrected chi connectivity index (χ1v) is 6.89. The molecule has 0 radical (unpaired) electrons. The molecular weight excluding hydrogens is 254 g/mol. The zero-order valence-electron chi connectivity index (χ0n) is 12.4. The Hall–Kier alpha value is -1.84. The lowest BCUT2D eigenvalue weighted by Gasteiger charge is -2.22. The van der Waals surface area contributed by atoms with Gasteiger partial charge in [-0.25, -0.2) is 4.79 Å². The Morgan fingerprint density at radius 3 is 2.70 bits per heavy atom. The molecule has 0 saturated heterocycles. The lowest BCUT2D eigenvalue weighted by molar-refractivity contribution is 0.0503. The van der Waals surface area contributed by atoms with E-state index in [9.17, 15) is 9.59 Å². The molecule has 0 heterocycles. The van der Waals surface area contributed by atoms with Gasteiger partial charge in [-0.2, -0.15) is 0 Å². The second-order valence-electron chi connectivity index (χ2n) is 6.20. The first-order valence-electron chi connectivity index (χ1n) is 6.89. The Morgan fingerprint density at radius 2 is 2.10 bits per heavy atom. The van der Waals surface area contributed by atoms with Gasteiger partial charge in [0.2, 0.25) is 0 Å². The number of rotatable bonds is 2. The molecule has 1 atom stereocenters. The minimum absolute atomic E-state index is 0.0285. The van der Waals surface area contributed by atoms with Gasteiger partial charge in [0, 0.05) is 5.56 Å². The van der Waals surface area contributed by atoms with Crippen LogP contribution in [0.3, 0.4) is 0 Å². The molecule has 1 amide bonds. The average Bonchev–Trinajstić information content (AvgIpc) is 2.71. The minimum atomic E-state index is -0.497. The molecule has 0 unspecified atom stereocenters. The third-order valence-corrected chi connectivity index (χ3v) is 3.55. The molecule has 0 saturated carbocycles. The van der Waals surface area contributed by atoms with E-state index in [-0.39, 0.29) is 6.04 Å². The smallest absolute Gasteiger partial charge is 0.408 e. The molecule has 0 spiro atoms. The van der Waals surface area contributed by atoms with Gasteiger partial charge in [0.15, 0.2) is 0 Å². The number of amides is 1. The fraction of sp³-hybridized carbons (Fsp3) is 0.500. The molecule has 0 aromatic heterocycles. The molecule has 1 aliphatic rings. The lowest BCUT2D eigenvalue weighted by Crippen LogP contribution is -2.34. The quantitative estimate of drug-likeness (QED) is 0.842. The largest absolute Gasteiger partial charge is 0.444 e. The summed E-state index contributed by atoms with van der Waals surface area (Å²) in [5.74, 6) is 0. The Bertz CT molecular complexity index is 543. The molecule has 0 fully saturated rings. The first-order chi connectivity index (χ1) is 9.31. The third kappa shape index (κ3) is 3.00. The maximum Gasteiger partial charge on any atom is 0.408 e. The number of carbonyl (C=O) groups is 2. The highest BCUT2D eigenvalue weighted by Gasteiger charge is 2.27. The van der Waals surface area contributed by atoms with Crippen LogP contribution in [0.5, 0.6) is 0 Å². The summed E-state index contributed by atoms with van der Waals surface area (Å²) in [5, 5.41) is 2.91. The van der Waals surface area contributed by atoms with Gasteiger partial charge in [-0.05, 0) is 57.2 Å². The standard InChI is InChI=1S/C16H21NO3/c1-10-11(9-18)5-6-13-12(10)7-8-14(13)17-15(19)20-16(2,3)4/h5-6,9,14H,7-8H2,1-4H3,(H,17,19)/t14-/m0/s1. The van der Waals surface area contributed by atoms with Crippen LogP contribution in [0.4, 0.5) is 4.79 Å². The van der Waals surface area contributed by atoms with E-state index < -0.39 is 11.7 Å². The molecule has 4 nitrogen and oxygen atoms in total. The summed E-state index contributed by atoms with van der Waals surface area (Å²) in [6, 6.07) is 3.72. The molecule has 2 rings (SSSR count). The molecule has 108 valence electrons. The highest BCUT2D eigenvalue weighted by Crippen LogP contribution is 2.34. The van der Waals surface area contributed by atoms with Crippen LogP contribution in [0.1, 0.15) is 60.3 Å². The van der Waals surface area contributed by atoms with E-state index in [1.54, 1.807) is 0 Å². The van der Waals surface area contributed by atoms with Crippen molar-refractivity contribution in [3.05, 3.63) is 34.4 Å². The van der Waals surface area contributed by atoms with Crippen molar-refractivity contribution in [2.45, 2.75) is 52.2 Å². The van der Waals surface area contributed by atoms with Gasteiger partial charge in [0.1, 0.15) is 11.9 Å². The Labute approximate surface area is 119 Å². The van der Waals surface area contributed by atoms with Crippen LogP contribution in [0.15, 0.2) is 12.1 Å². The molecule has 0 aliphatic heterocycles. The summed E-state index contributed by atoms with van der Waals surface area (Å²) in [6.45, 7) is 7.49. The Balaban J connectivity index is 2.15. The van der Waals surface area contributed by atoms with Crippen molar-refractivity contribution in [3.63, 3.8) is 0 Å². The fourth-order valence-electron chi connectivity index (χ4n) is 2.63. The number of benzene rings is 1. The number of fused-ring (bicyclic) bond motifs is 1. The number of hydrogen-bond acceptors (Lipinski definition) is 3. The van der Waals surface area contributed by atoms with Crippen molar-refractivity contribution in [1.82, 2.24) is 5.32 Å². The van der Waals surface area contributed by atoms with Crippen LogP contribution < -0.4 is 5.32 Å².